The number of nitrogens with zero attached hydrogens (tertiary/aromatic N) is 2. The Balaban J connectivity index is 0.991. The number of para-hydroxylation sites is 2. The largest absolute Gasteiger partial charge is 0.309 e. The first-order chi connectivity index (χ1) is 37.3. The van der Waals surface area contributed by atoms with Gasteiger partial charge in [0, 0.05) is 33.3 Å². The van der Waals surface area contributed by atoms with Gasteiger partial charge in [-0.3, -0.25) is 0 Å². The van der Waals surface area contributed by atoms with Gasteiger partial charge < -0.3 is 9.47 Å². The Morgan fingerprint density at radius 3 is 1.41 bits per heavy atom. The zero-order chi connectivity index (χ0) is 49.5. The quantitative estimate of drug-likeness (QED) is 0.147. The van der Waals surface area contributed by atoms with Crippen LogP contribution in [-0.2, 0) is 5.41 Å². The van der Waals surface area contributed by atoms with Crippen molar-refractivity contribution < 1.29 is 0 Å². The number of anilines is 3. The second-order valence-electron chi connectivity index (χ2n) is 19.9. The fraction of sp³-hybridized carbons (Fsp3) is 0.0137. The lowest BCUT2D eigenvalue weighted by Gasteiger charge is -2.33. The molecule has 2 aliphatic carbocycles. The molecule has 0 bridgehead atoms. The molecule has 2 aliphatic rings. The van der Waals surface area contributed by atoms with Crippen molar-refractivity contribution in [2.24, 2.45) is 0 Å². The Bertz CT molecular complexity index is 4290. The van der Waals surface area contributed by atoms with Crippen LogP contribution in [0.4, 0.5) is 17.1 Å². The fourth-order valence-electron chi connectivity index (χ4n) is 13.0. The molecule has 0 saturated heterocycles. The van der Waals surface area contributed by atoms with E-state index < -0.39 is 5.41 Å². The summed E-state index contributed by atoms with van der Waals surface area (Å²) >= 11 is 0. The lowest BCUT2D eigenvalue weighted by Crippen LogP contribution is -2.26. The second-order valence-corrected chi connectivity index (χ2v) is 19.9. The van der Waals surface area contributed by atoms with Gasteiger partial charge in [-0.2, -0.15) is 0 Å². The first kappa shape index (κ1) is 42.9. The molecule has 0 saturated carbocycles. The predicted octanol–water partition coefficient (Wildman–Crippen LogP) is 19.3. The Morgan fingerprint density at radius 1 is 0.267 bits per heavy atom. The van der Waals surface area contributed by atoms with Gasteiger partial charge in [-0.25, -0.2) is 0 Å². The van der Waals surface area contributed by atoms with Crippen LogP contribution in [0.5, 0.6) is 0 Å². The summed E-state index contributed by atoms with van der Waals surface area (Å²) in [5, 5.41) is 2.48. The molecule has 1 spiro atoms. The van der Waals surface area contributed by atoms with Crippen LogP contribution in [0.2, 0.25) is 0 Å². The first-order valence-corrected chi connectivity index (χ1v) is 26.0. The fourth-order valence-corrected chi connectivity index (χ4v) is 13.0. The van der Waals surface area contributed by atoms with E-state index in [1.807, 2.05) is 0 Å². The molecule has 1 heterocycles. The third kappa shape index (κ3) is 6.46. The van der Waals surface area contributed by atoms with Crippen LogP contribution in [-0.4, -0.2) is 4.57 Å². The molecule has 2 nitrogen and oxygen atoms in total. The van der Waals surface area contributed by atoms with Crippen molar-refractivity contribution >= 4 is 38.9 Å². The molecule has 0 radical (unpaired) electrons. The minimum Gasteiger partial charge on any atom is -0.309 e. The van der Waals surface area contributed by atoms with Crippen molar-refractivity contribution in [3.63, 3.8) is 0 Å². The van der Waals surface area contributed by atoms with E-state index in [0.717, 1.165) is 28.3 Å². The van der Waals surface area contributed by atoms with E-state index in [4.69, 9.17) is 0 Å². The molecule has 15 rings (SSSR count). The average Bonchev–Trinajstić information content (AvgIpc) is 4.31. The molecule has 12 aromatic carbocycles. The molecule has 0 N–H and O–H groups in total. The molecule has 13 aromatic rings. The van der Waals surface area contributed by atoms with Crippen molar-refractivity contribution in [1.29, 1.82) is 0 Å². The minimum absolute atomic E-state index is 0.498. The summed E-state index contributed by atoms with van der Waals surface area (Å²) in [5.41, 5.74) is 26.1. The summed E-state index contributed by atoms with van der Waals surface area (Å²) in [5.74, 6) is 0. The number of fused-ring (bicyclic) bond motifs is 13. The summed E-state index contributed by atoms with van der Waals surface area (Å²) in [7, 11) is 0. The van der Waals surface area contributed by atoms with E-state index >= 15 is 0 Å². The van der Waals surface area contributed by atoms with Crippen molar-refractivity contribution in [2.75, 3.05) is 4.90 Å². The number of hydrogen-bond acceptors (Lipinski definition) is 1. The standard InChI is InChI=1S/C73H48N2/c1-4-22-50(23-5-1)55-28-10-11-32-60(55)71-56(51-24-6-2-7-25-51)34-20-40-69(71)75(54-45-42-49(43-46-54)52-44-47-68-62(48-52)59-31-15-19-39-67(59)74(68)53-26-8-3-9-27-53)70-41-21-38-66-72(70)61-33-14-18-37-65(61)73(66)63-35-16-12-29-57(63)58-30-13-17-36-64(58)73/h1-48H. The molecule has 0 atom stereocenters. The monoisotopic (exact) mass is 952 g/mol. The highest BCUT2D eigenvalue weighted by Gasteiger charge is 2.52. The topological polar surface area (TPSA) is 8.17 Å². The molecule has 0 fully saturated rings. The lowest BCUT2D eigenvalue weighted by atomic mass is 9.70. The Kier molecular flexibility index (Phi) is 9.83. The molecular formula is C73H48N2. The third-order valence-electron chi connectivity index (χ3n) is 16.0. The zero-order valence-corrected chi connectivity index (χ0v) is 41.1. The van der Waals surface area contributed by atoms with Crippen LogP contribution in [0.25, 0.3) is 94.3 Å². The van der Waals surface area contributed by atoms with E-state index in [1.165, 1.54) is 105 Å². The van der Waals surface area contributed by atoms with Crippen LogP contribution in [0.15, 0.2) is 291 Å². The number of rotatable bonds is 8. The number of benzene rings is 12. The predicted molar refractivity (Wildman–Crippen MR) is 314 cm³/mol. The normalized spacial score (nSPS) is 12.6. The maximum Gasteiger partial charge on any atom is 0.0726 e. The van der Waals surface area contributed by atoms with Gasteiger partial charge in [-0.1, -0.05) is 237 Å². The van der Waals surface area contributed by atoms with Crippen LogP contribution < -0.4 is 4.90 Å². The van der Waals surface area contributed by atoms with E-state index in [0.29, 0.717) is 0 Å². The van der Waals surface area contributed by atoms with Gasteiger partial charge in [0.15, 0.2) is 0 Å². The minimum atomic E-state index is -0.498. The van der Waals surface area contributed by atoms with Crippen LogP contribution in [0.1, 0.15) is 22.3 Å². The number of hydrogen-bond donors (Lipinski definition) is 0. The van der Waals surface area contributed by atoms with Crippen molar-refractivity contribution in [3.8, 4) is 72.4 Å². The summed E-state index contributed by atoms with van der Waals surface area (Å²) in [6, 6.07) is 108. The lowest BCUT2D eigenvalue weighted by molar-refractivity contribution is 0.794. The Hall–Kier alpha value is -9.76. The zero-order valence-electron chi connectivity index (χ0n) is 41.1. The molecular weight excluding hydrogens is 905 g/mol. The van der Waals surface area contributed by atoms with Crippen molar-refractivity contribution in [1.82, 2.24) is 4.57 Å². The number of aromatic nitrogens is 1. The molecule has 2 heteroatoms. The molecule has 0 unspecified atom stereocenters. The summed E-state index contributed by atoms with van der Waals surface area (Å²) in [6.07, 6.45) is 0. The summed E-state index contributed by atoms with van der Waals surface area (Å²) in [6.45, 7) is 0. The molecule has 1 aromatic heterocycles. The van der Waals surface area contributed by atoms with Gasteiger partial charge in [0.25, 0.3) is 0 Å². The first-order valence-electron chi connectivity index (χ1n) is 26.0. The highest BCUT2D eigenvalue weighted by atomic mass is 15.1. The highest BCUT2D eigenvalue weighted by molar-refractivity contribution is 6.11. The smallest absolute Gasteiger partial charge is 0.0726 e. The van der Waals surface area contributed by atoms with Gasteiger partial charge in [0.2, 0.25) is 0 Å². The summed E-state index contributed by atoms with van der Waals surface area (Å²) < 4.78 is 2.38. The highest BCUT2D eigenvalue weighted by Crippen LogP contribution is 2.65. The van der Waals surface area contributed by atoms with E-state index in [-0.39, 0.29) is 0 Å². The Labute approximate surface area is 437 Å². The molecule has 350 valence electrons. The Morgan fingerprint density at radius 2 is 0.733 bits per heavy atom. The molecule has 0 amide bonds. The van der Waals surface area contributed by atoms with Gasteiger partial charge >= 0.3 is 0 Å². The molecule has 0 aliphatic heterocycles. The van der Waals surface area contributed by atoms with Gasteiger partial charge in [0.1, 0.15) is 0 Å². The van der Waals surface area contributed by atoms with Crippen molar-refractivity contribution in [2.45, 2.75) is 5.41 Å². The van der Waals surface area contributed by atoms with Crippen LogP contribution >= 0.6 is 0 Å². The van der Waals surface area contributed by atoms with Gasteiger partial charge in [0.05, 0.1) is 27.8 Å². The molecule has 75 heavy (non-hydrogen) atoms. The maximum atomic E-state index is 2.56. The van der Waals surface area contributed by atoms with Gasteiger partial charge in [-0.15, -0.1) is 0 Å². The SMILES string of the molecule is c1ccc(-c2ccccc2-c2c(-c3ccccc3)cccc2N(c2ccc(-c3ccc4c(c3)c3ccccc3n4-c3ccccc3)cc2)c2cccc3c2-c2ccccc2C32c3ccccc3-c3ccccc32)cc1. The van der Waals surface area contributed by atoms with Crippen LogP contribution in [0.3, 0.4) is 0 Å². The van der Waals surface area contributed by atoms with Crippen LogP contribution in [0, 0.1) is 0 Å². The van der Waals surface area contributed by atoms with Gasteiger partial charge in [-0.05, 0) is 132 Å². The van der Waals surface area contributed by atoms with Crippen molar-refractivity contribution in [3.05, 3.63) is 313 Å². The average molecular weight is 953 g/mol. The third-order valence-corrected chi connectivity index (χ3v) is 16.0. The van der Waals surface area contributed by atoms with E-state index in [9.17, 15) is 0 Å². The van der Waals surface area contributed by atoms with E-state index in [1.54, 1.807) is 0 Å². The second kappa shape index (κ2) is 17.2. The van der Waals surface area contributed by atoms with E-state index in [2.05, 4.69) is 301 Å². The maximum absolute atomic E-state index is 2.56. The summed E-state index contributed by atoms with van der Waals surface area (Å²) in [4.78, 5) is 2.56.